The van der Waals surface area contributed by atoms with Gasteiger partial charge in [0.25, 0.3) is 0 Å². The zero-order valence-electron chi connectivity index (χ0n) is 12.4. The Hall–Kier alpha value is -1.30. The maximum atomic E-state index is 11.5. The Morgan fingerprint density at radius 2 is 1.89 bits per heavy atom. The Morgan fingerprint density at radius 3 is 2.37 bits per heavy atom. The molecule has 0 fully saturated rings. The number of carbonyl (C=O) groups excluding carboxylic acids is 1. The Bertz CT molecular complexity index is 282. The molecule has 6 nitrogen and oxygen atoms in total. The molecule has 0 aliphatic carbocycles. The molecule has 0 radical (unpaired) electrons. The molecule has 0 rings (SSSR count). The van der Waals surface area contributed by atoms with Gasteiger partial charge in [0.15, 0.2) is 0 Å². The lowest BCUT2D eigenvalue weighted by molar-refractivity contribution is -0.138. The number of hydrogen-bond acceptors (Lipinski definition) is 3. The first-order valence-electron chi connectivity index (χ1n) is 6.80. The predicted octanol–water partition coefficient (Wildman–Crippen LogP) is 1.13. The van der Waals surface area contributed by atoms with E-state index in [0.29, 0.717) is 19.1 Å². The van der Waals surface area contributed by atoms with Gasteiger partial charge in [-0.25, -0.2) is 4.79 Å². The van der Waals surface area contributed by atoms with Gasteiger partial charge in [-0.15, -0.1) is 0 Å². The van der Waals surface area contributed by atoms with Crippen molar-refractivity contribution in [3.05, 3.63) is 0 Å². The lowest BCUT2D eigenvalue weighted by atomic mass is 10.0. The number of urea groups is 1. The third-order valence-corrected chi connectivity index (χ3v) is 3.22. The molecule has 0 heterocycles. The van der Waals surface area contributed by atoms with Crippen LogP contribution >= 0.6 is 0 Å². The molecule has 1 atom stereocenters. The minimum absolute atomic E-state index is 0.0124. The molecule has 0 aromatic rings. The first-order chi connectivity index (χ1) is 8.86. The Labute approximate surface area is 115 Å². The zero-order valence-corrected chi connectivity index (χ0v) is 12.4. The van der Waals surface area contributed by atoms with Gasteiger partial charge in [-0.2, -0.15) is 0 Å². The Morgan fingerprint density at radius 1 is 1.26 bits per heavy atom. The van der Waals surface area contributed by atoms with Crippen LogP contribution in [0.3, 0.4) is 0 Å². The van der Waals surface area contributed by atoms with Crippen molar-refractivity contribution < 1.29 is 14.7 Å². The molecule has 0 saturated carbocycles. The number of rotatable bonds is 9. The summed E-state index contributed by atoms with van der Waals surface area (Å²) in [6, 6.07) is 0.214. The fourth-order valence-corrected chi connectivity index (χ4v) is 1.51. The highest BCUT2D eigenvalue weighted by Crippen LogP contribution is 2.06. The molecule has 0 aliphatic rings. The molecule has 0 aromatic heterocycles. The monoisotopic (exact) mass is 273 g/mol. The van der Waals surface area contributed by atoms with Gasteiger partial charge in [0, 0.05) is 32.1 Å². The van der Waals surface area contributed by atoms with Crippen molar-refractivity contribution >= 4 is 12.0 Å². The highest BCUT2D eigenvalue weighted by Gasteiger charge is 2.12. The second-order valence-electron chi connectivity index (χ2n) is 5.08. The number of carbonyl (C=O) groups is 2. The molecule has 6 heteroatoms. The quantitative estimate of drug-likeness (QED) is 0.588. The number of carboxylic acids is 1. The summed E-state index contributed by atoms with van der Waals surface area (Å²) >= 11 is 0. The lowest BCUT2D eigenvalue weighted by Crippen LogP contribution is -2.42. The van der Waals surface area contributed by atoms with Crippen molar-refractivity contribution in [2.24, 2.45) is 5.92 Å². The molecular formula is C13H27N3O3. The van der Waals surface area contributed by atoms with Crippen LogP contribution in [0.25, 0.3) is 0 Å². The number of amides is 2. The minimum atomic E-state index is -0.826. The van der Waals surface area contributed by atoms with Gasteiger partial charge in [0.2, 0.25) is 0 Å². The van der Waals surface area contributed by atoms with Crippen molar-refractivity contribution in [1.29, 1.82) is 0 Å². The molecule has 0 spiro atoms. The first-order valence-corrected chi connectivity index (χ1v) is 6.80. The van der Waals surface area contributed by atoms with Crippen LogP contribution in [0, 0.1) is 5.92 Å². The van der Waals surface area contributed by atoms with Gasteiger partial charge in [-0.3, -0.25) is 4.79 Å². The normalized spacial score (nSPS) is 12.5. The molecular weight excluding hydrogens is 246 g/mol. The van der Waals surface area contributed by atoms with Crippen molar-refractivity contribution in [2.75, 3.05) is 26.7 Å². The van der Waals surface area contributed by atoms with Crippen LogP contribution in [0.1, 0.15) is 33.6 Å². The van der Waals surface area contributed by atoms with Crippen LogP contribution in [-0.4, -0.2) is 54.7 Å². The summed E-state index contributed by atoms with van der Waals surface area (Å²) in [6.07, 6.45) is 0.829. The van der Waals surface area contributed by atoms with Crippen LogP contribution in [0.15, 0.2) is 0 Å². The maximum absolute atomic E-state index is 11.5. The SMILES string of the molecule is CCC(CNC(=O)NCCN(C)C(C)C)CC(=O)O. The van der Waals surface area contributed by atoms with E-state index < -0.39 is 5.97 Å². The molecule has 0 aromatic carbocycles. The predicted molar refractivity (Wildman–Crippen MR) is 75.2 cm³/mol. The number of carboxylic acid groups (broad SMARTS) is 1. The highest BCUT2D eigenvalue weighted by molar-refractivity contribution is 5.74. The van der Waals surface area contributed by atoms with Crippen molar-refractivity contribution in [3.63, 3.8) is 0 Å². The Kier molecular flexibility index (Phi) is 8.95. The van der Waals surface area contributed by atoms with E-state index in [9.17, 15) is 9.59 Å². The maximum Gasteiger partial charge on any atom is 0.314 e. The van der Waals surface area contributed by atoms with Gasteiger partial charge in [0.05, 0.1) is 0 Å². The topological polar surface area (TPSA) is 81.7 Å². The molecule has 0 saturated heterocycles. The average molecular weight is 273 g/mol. The zero-order chi connectivity index (χ0) is 14.8. The molecule has 112 valence electrons. The van der Waals surface area contributed by atoms with Crippen LogP contribution in [-0.2, 0) is 4.79 Å². The largest absolute Gasteiger partial charge is 0.481 e. The summed E-state index contributed by atoms with van der Waals surface area (Å²) in [5.41, 5.74) is 0. The Balaban J connectivity index is 3.77. The second-order valence-corrected chi connectivity index (χ2v) is 5.08. The van der Waals surface area contributed by atoms with Gasteiger partial charge in [-0.05, 0) is 26.8 Å². The lowest BCUT2D eigenvalue weighted by Gasteiger charge is -2.21. The standard InChI is InChI=1S/C13H27N3O3/c1-5-11(8-12(17)18)9-15-13(19)14-6-7-16(4)10(2)3/h10-11H,5-9H2,1-4H3,(H,17,18)(H2,14,15,19). The van der Waals surface area contributed by atoms with Crippen molar-refractivity contribution in [1.82, 2.24) is 15.5 Å². The van der Waals surface area contributed by atoms with Crippen molar-refractivity contribution in [2.45, 2.75) is 39.7 Å². The summed E-state index contributed by atoms with van der Waals surface area (Å²) in [6.45, 7) is 7.88. The summed E-state index contributed by atoms with van der Waals surface area (Å²) < 4.78 is 0. The van der Waals surface area contributed by atoms with Crippen molar-refractivity contribution in [3.8, 4) is 0 Å². The fraction of sp³-hybridized carbons (Fsp3) is 0.846. The number of nitrogens with zero attached hydrogens (tertiary/aromatic N) is 1. The molecule has 0 aliphatic heterocycles. The van der Waals surface area contributed by atoms with Crippen LogP contribution in [0.4, 0.5) is 4.79 Å². The molecule has 2 amide bonds. The molecule has 0 bridgehead atoms. The summed E-state index contributed by atoms with van der Waals surface area (Å²) in [5, 5.41) is 14.2. The van der Waals surface area contributed by atoms with Crippen LogP contribution < -0.4 is 10.6 Å². The van der Waals surface area contributed by atoms with E-state index >= 15 is 0 Å². The minimum Gasteiger partial charge on any atom is -0.481 e. The molecule has 3 N–H and O–H groups in total. The number of nitrogens with one attached hydrogen (secondary N) is 2. The third kappa shape index (κ3) is 9.30. The van der Waals surface area contributed by atoms with Gasteiger partial charge < -0.3 is 20.6 Å². The summed E-state index contributed by atoms with van der Waals surface area (Å²) in [4.78, 5) is 24.2. The van der Waals surface area contributed by atoms with Gasteiger partial charge >= 0.3 is 12.0 Å². The molecule has 19 heavy (non-hydrogen) atoms. The third-order valence-electron chi connectivity index (χ3n) is 3.22. The van der Waals surface area contributed by atoms with E-state index in [-0.39, 0.29) is 18.4 Å². The highest BCUT2D eigenvalue weighted by atomic mass is 16.4. The fourth-order valence-electron chi connectivity index (χ4n) is 1.51. The number of likely N-dealkylation sites (N-methyl/N-ethyl adjacent to an activating group) is 1. The number of aliphatic carboxylic acids is 1. The second kappa shape index (κ2) is 9.61. The molecule has 1 unspecified atom stereocenters. The van der Waals surface area contributed by atoms with Crippen LogP contribution in [0.5, 0.6) is 0 Å². The van der Waals surface area contributed by atoms with E-state index in [1.54, 1.807) is 0 Å². The number of hydrogen-bond donors (Lipinski definition) is 3. The van der Waals surface area contributed by atoms with E-state index in [4.69, 9.17) is 5.11 Å². The van der Waals surface area contributed by atoms with Crippen LogP contribution in [0.2, 0.25) is 0 Å². The van der Waals surface area contributed by atoms with E-state index in [1.807, 2.05) is 14.0 Å². The first kappa shape index (κ1) is 17.7. The average Bonchev–Trinajstić information content (AvgIpc) is 2.33. The van der Waals surface area contributed by atoms with E-state index in [1.165, 1.54) is 0 Å². The smallest absolute Gasteiger partial charge is 0.314 e. The van der Waals surface area contributed by atoms with Gasteiger partial charge in [-0.1, -0.05) is 13.3 Å². The van der Waals surface area contributed by atoms with E-state index in [0.717, 1.165) is 13.0 Å². The summed E-state index contributed by atoms with van der Waals surface area (Å²) in [7, 11) is 2.00. The van der Waals surface area contributed by atoms with E-state index in [2.05, 4.69) is 29.4 Å². The van der Waals surface area contributed by atoms with Gasteiger partial charge in [0.1, 0.15) is 0 Å². The summed E-state index contributed by atoms with van der Waals surface area (Å²) in [5.74, 6) is -0.839.